The van der Waals surface area contributed by atoms with Crippen LogP contribution in [0.4, 0.5) is 20.9 Å². The van der Waals surface area contributed by atoms with Gasteiger partial charge in [-0.15, -0.1) is 16.4 Å². The average molecular weight is 1010 g/mol. The van der Waals surface area contributed by atoms with Crippen LogP contribution < -0.4 is 25.2 Å². The minimum Gasteiger partial charge on any atom is -0.507 e. The highest BCUT2D eigenvalue weighted by Gasteiger charge is 2.39. The molecule has 15 nitrogen and oxygen atoms in total. The van der Waals surface area contributed by atoms with E-state index < -0.39 is 23.3 Å². The summed E-state index contributed by atoms with van der Waals surface area (Å²) in [4.78, 5) is 47.7. The largest absolute Gasteiger partial charge is 0.507 e. The van der Waals surface area contributed by atoms with Crippen molar-refractivity contribution >= 4 is 116 Å². The topological polar surface area (TPSA) is 195 Å². The number of anilines is 3. The molecule has 5 aromatic carbocycles. The van der Waals surface area contributed by atoms with Crippen LogP contribution in [0.25, 0.3) is 80.6 Å². The van der Waals surface area contributed by atoms with Crippen molar-refractivity contribution in [2.24, 2.45) is 0 Å². The summed E-state index contributed by atoms with van der Waals surface area (Å²) in [5, 5.41) is 32.2. The van der Waals surface area contributed by atoms with E-state index >= 15 is 4.39 Å². The van der Waals surface area contributed by atoms with Crippen LogP contribution in [0.15, 0.2) is 143 Å². The highest BCUT2D eigenvalue weighted by molar-refractivity contribution is 7.95. The summed E-state index contributed by atoms with van der Waals surface area (Å²) in [7, 11) is 0. The van der Waals surface area contributed by atoms with Gasteiger partial charge in [0.2, 0.25) is 0 Å². The first-order valence-corrected chi connectivity index (χ1v) is 25.1. The van der Waals surface area contributed by atoms with Crippen molar-refractivity contribution in [3.05, 3.63) is 166 Å². The van der Waals surface area contributed by atoms with Crippen LogP contribution in [0, 0.1) is 5.82 Å². The molecule has 1 atom stereocenters. The van der Waals surface area contributed by atoms with E-state index in [-0.39, 0.29) is 68.6 Å². The molecule has 0 saturated carbocycles. The number of carbonyl (C=O) groups is 1. The molecule has 1 amide bonds. The van der Waals surface area contributed by atoms with Gasteiger partial charge in [0.25, 0.3) is 11.5 Å². The van der Waals surface area contributed by atoms with Crippen LogP contribution in [0.5, 0.6) is 17.2 Å². The molecule has 10 aromatic rings. The number of amides is 1. The molecule has 5 N–H and O–H groups in total. The van der Waals surface area contributed by atoms with E-state index in [1.54, 1.807) is 41.7 Å². The summed E-state index contributed by atoms with van der Waals surface area (Å²) in [6.45, 7) is -0.288. The number of phenolic OH excluding ortho intramolecular Hbond substituents is 2. The molecule has 4 aliphatic rings. The number of fused-ring (bicyclic) bond motifs is 7. The Bertz CT molecular complexity index is 4200. The summed E-state index contributed by atoms with van der Waals surface area (Å²) >= 11 is 5.69. The number of nitrogens with one attached hydrogen (secondary N) is 3. The molecule has 0 saturated heterocycles. The Morgan fingerprint density at radius 2 is 1.75 bits per heavy atom. The lowest BCUT2D eigenvalue weighted by Gasteiger charge is -2.38. The van der Waals surface area contributed by atoms with Gasteiger partial charge in [0.1, 0.15) is 55.6 Å². The lowest BCUT2D eigenvalue weighted by Crippen LogP contribution is -2.35. The molecule has 1 unspecified atom stereocenters. The lowest BCUT2D eigenvalue weighted by molar-refractivity contribution is -0.118. The summed E-state index contributed by atoms with van der Waals surface area (Å²) in [6, 6.07) is 25.5. The molecule has 20 heteroatoms. The number of allylic oxidation sites excluding steroid dienone is 1. The molecule has 71 heavy (non-hydrogen) atoms. The van der Waals surface area contributed by atoms with Gasteiger partial charge < -0.3 is 34.9 Å². The molecule has 0 aliphatic carbocycles. The van der Waals surface area contributed by atoms with Gasteiger partial charge in [-0.25, -0.2) is 19.3 Å². The standard InChI is InChI=1S/C51H29FN10O5S4/c52-31-19-39-32(55-42(65)21-67-39)17-30(31)44-28-4-2-6-38(64)46(28)57-48(45(44)35-15-25-3-1-5-37(63)43(25)49(66)56-35)62-36(24-11-12-61-27(13-24)20-54-71-61)18-29(23-7-9-40-33(14-23)53-22-68-40)47-51(62)69-50(58-47)26-8-10-41-34(16-26)59-60-70-41/h1-20,22,36,54,63-64H,21H2,(H,55,65)(H,56,66). The Hall–Kier alpha value is -8.43. The van der Waals surface area contributed by atoms with Crippen molar-refractivity contribution in [2.45, 2.75) is 6.04 Å². The normalized spacial score (nSPS) is 16.1. The Morgan fingerprint density at radius 1 is 0.887 bits per heavy atom. The zero-order valence-electron chi connectivity index (χ0n) is 36.2. The van der Waals surface area contributed by atoms with Gasteiger partial charge in [-0.1, -0.05) is 52.2 Å². The van der Waals surface area contributed by atoms with Crippen molar-refractivity contribution in [2.75, 3.05) is 16.8 Å². The van der Waals surface area contributed by atoms with Crippen molar-refractivity contribution < 1.29 is 24.1 Å². The van der Waals surface area contributed by atoms with E-state index in [0.717, 1.165) is 48.4 Å². The number of benzene rings is 5. The van der Waals surface area contributed by atoms with E-state index in [4.69, 9.17) is 14.7 Å². The lowest BCUT2D eigenvalue weighted by atomic mass is 9.89. The Balaban J connectivity index is 1.13. The molecule has 5 aromatic heterocycles. The summed E-state index contributed by atoms with van der Waals surface area (Å²) in [5.41, 5.74) is 8.69. The van der Waals surface area contributed by atoms with E-state index in [1.165, 1.54) is 59.3 Å². The smallest absolute Gasteiger partial charge is 0.262 e. The molecule has 9 heterocycles. The minimum atomic E-state index is -0.706. The Kier molecular flexibility index (Phi) is 9.24. The van der Waals surface area contributed by atoms with Crippen LogP contribution in [0.1, 0.15) is 11.3 Å². The van der Waals surface area contributed by atoms with E-state index in [0.29, 0.717) is 26.5 Å². The number of hydrogen-bond donors (Lipinski definition) is 5. The van der Waals surface area contributed by atoms with Crippen LogP contribution in [0.3, 0.4) is 0 Å². The number of para-hydroxylation sites is 1. The average Bonchev–Trinajstić information content (AvgIpc) is 4.22. The molecule has 14 rings (SSSR count). The zero-order valence-corrected chi connectivity index (χ0v) is 39.4. The number of thiazole rings is 2. The summed E-state index contributed by atoms with van der Waals surface area (Å²) < 4.78 is 34.3. The van der Waals surface area contributed by atoms with Gasteiger partial charge >= 0.3 is 0 Å². The maximum Gasteiger partial charge on any atom is 0.262 e. The fourth-order valence-corrected chi connectivity index (χ4v) is 12.5. The van der Waals surface area contributed by atoms with E-state index in [9.17, 15) is 19.8 Å². The minimum absolute atomic E-state index is 0.0176. The number of hydrogen-bond acceptors (Lipinski definition) is 17. The second-order valence-electron chi connectivity index (χ2n) is 16.9. The molecule has 0 bridgehead atoms. The predicted octanol–water partition coefficient (Wildman–Crippen LogP) is 10.7. The number of phenols is 2. The van der Waals surface area contributed by atoms with Gasteiger partial charge in [0.15, 0.2) is 6.61 Å². The summed E-state index contributed by atoms with van der Waals surface area (Å²) in [5.74, 6) is -1.17. The van der Waals surface area contributed by atoms with Gasteiger partial charge in [0.05, 0.1) is 61.1 Å². The number of nitrogens with zero attached hydrogens (tertiary/aromatic N) is 7. The fraction of sp³-hybridized carbons (Fsp3) is 0.0392. The zero-order chi connectivity index (χ0) is 47.6. The Labute approximate surface area is 415 Å². The SMILES string of the molecule is O=C1COc2cc(F)c(-c3c(-c4cc5cccc(O)c5c(=O)[nH]4)c(N4c5sc(-c6ccc7snnc7c6)nc5C(c5ccc6scnc6c5)=CC4C4=CC5=CNSN5C=C4)nc4c(O)cccc34)cc2N1. The summed E-state index contributed by atoms with van der Waals surface area (Å²) in [6.07, 6.45) is 10.1. The third-order valence-electron chi connectivity index (χ3n) is 12.8. The highest BCUT2D eigenvalue weighted by atomic mass is 32.2. The van der Waals surface area contributed by atoms with Crippen LogP contribution in [-0.2, 0) is 4.79 Å². The maximum absolute atomic E-state index is 17.3. The number of halogens is 1. The molecule has 0 spiro atoms. The molecule has 0 radical (unpaired) electrons. The monoisotopic (exact) mass is 1010 g/mol. The van der Waals surface area contributed by atoms with Gasteiger partial charge in [-0.05, 0) is 94.8 Å². The van der Waals surface area contributed by atoms with Crippen molar-refractivity contribution in [3.8, 4) is 50.2 Å². The number of aromatic hydroxyl groups is 2. The first-order valence-electron chi connectivity index (χ1n) is 21.9. The second kappa shape index (κ2) is 15.8. The Morgan fingerprint density at radius 3 is 2.68 bits per heavy atom. The third kappa shape index (κ3) is 6.63. The number of pyridine rings is 2. The van der Waals surface area contributed by atoms with Gasteiger partial charge in [-0.3, -0.25) is 13.9 Å². The van der Waals surface area contributed by atoms with Crippen molar-refractivity contribution in [1.29, 1.82) is 0 Å². The second-order valence-corrected chi connectivity index (χ2v) is 20.4. The first kappa shape index (κ1) is 41.5. The first-order chi connectivity index (χ1) is 34.7. The van der Waals surface area contributed by atoms with Gasteiger partial charge in [0, 0.05) is 51.7 Å². The predicted molar refractivity (Wildman–Crippen MR) is 277 cm³/mol. The number of aromatic nitrogens is 6. The molecular formula is C51H29FN10O5S4. The maximum atomic E-state index is 17.3. The van der Waals surface area contributed by atoms with E-state index in [1.807, 2.05) is 51.4 Å². The highest BCUT2D eigenvalue weighted by Crippen LogP contribution is 2.54. The van der Waals surface area contributed by atoms with Crippen molar-refractivity contribution in [1.82, 2.24) is 38.6 Å². The number of ether oxygens (including phenoxy) is 1. The fourth-order valence-electron chi connectivity index (χ4n) is 9.59. The third-order valence-corrected chi connectivity index (χ3v) is 16.2. The van der Waals surface area contributed by atoms with Crippen LogP contribution >= 0.6 is 46.3 Å². The molecular weight excluding hydrogens is 980 g/mol. The number of carbonyl (C=O) groups excluding carboxylic acids is 1. The number of H-pyrrole nitrogens is 1. The quantitative estimate of drug-likeness (QED) is 0.0987. The molecule has 0 fully saturated rings. The van der Waals surface area contributed by atoms with Crippen LogP contribution in [0.2, 0.25) is 0 Å². The number of aromatic amines is 1. The van der Waals surface area contributed by atoms with Gasteiger partial charge in [-0.2, -0.15) is 0 Å². The molecule has 4 aliphatic heterocycles. The van der Waals surface area contributed by atoms with Crippen molar-refractivity contribution in [3.63, 3.8) is 0 Å². The van der Waals surface area contributed by atoms with E-state index in [2.05, 4.69) is 59.9 Å². The van der Waals surface area contributed by atoms with Crippen LogP contribution in [-0.4, -0.2) is 62.6 Å². The molecule has 344 valence electrons. The number of rotatable bonds is 6.